The van der Waals surface area contributed by atoms with Gasteiger partial charge in [-0.1, -0.05) is 29.8 Å². The summed E-state index contributed by atoms with van der Waals surface area (Å²) in [4.78, 5) is 35.6. The molecule has 0 spiro atoms. The lowest BCUT2D eigenvalue weighted by atomic mass is 10.1. The largest absolute Gasteiger partial charge is 0.493 e. The van der Waals surface area contributed by atoms with Gasteiger partial charge in [-0.15, -0.1) is 0 Å². The van der Waals surface area contributed by atoms with Gasteiger partial charge in [0, 0.05) is 18.5 Å². The summed E-state index contributed by atoms with van der Waals surface area (Å²) in [6.45, 7) is 3.57. The molecule has 2 aromatic carbocycles. The Bertz CT molecular complexity index is 882. The van der Waals surface area contributed by atoms with Gasteiger partial charge in [-0.05, 0) is 37.6 Å². The molecule has 0 aliphatic heterocycles. The maximum absolute atomic E-state index is 12.0. The van der Waals surface area contributed by atoms with E-state index in [0.717, 1.165) is 11.1 Å². The smallest absolute Gasteiger partial charge is 0.276 e. The molecule has 8 nitrogen and oxygen atoms in total. The van der Waals surface area contributed by atoms with Crippen LogP contribution in [0.25, 0.3) is 0 Å². The fraction of sp³-hybridized carbons (Fsp3) is 0.286. The Kier molecular flexibility index (Phi) is 8.02. The van der Waals surface area contributed by atoms with Gasteiger partial charge in [0.05, 0.1) is 7.11 Å². The van der Waals surface area contributed by atoms with Crippen molar-refractivity contribution in [2.45, 2.75) is 26.7 Å². The van der Waals surface area contributed by atoms with E-state index >= 15 is 0 Å². The zero-order chi connectivity index (χ0) is 21.2. The van der Waals surface area contributed by atoms with Crippen LogP contribution in [-0.2, 0) is 14.4 Å². The molecule has 8 heteroatoms. The highest BCUT2D eigenvalue weighted by molar-refractivity contribution is 5.94. The first-order valence-electron chi connectivity index (χ1n) is 9.09. The molecular formula is C21H25N3O5. The fourth-order valence-electron chi connectivity index (χ4n) is 2.51. The summed E-state index contributed by atoms with van der Waals surface area (Å²) in [5.41, 5.74) is 7.26. The second-order valence-corrected chi connectivity index (χ2v) is 6.40. The highest BCUT2D eigenvalue weighted by atomic mass is 16.5. The Morgan fingerprint density at radius 2 is 1.52 bits per heavy atom. The third-order valence-electron chi connectivity index (χ3n) is 4.00. The van der Waals surface area contributed by atoms with Crippen LogP contribution in [-0.4, -0.2) is 31.4 Å². The number of amides is 3. The number of benzene rings is 2. The lowest BCUT2D eigenvalue weighted by Crippen LogP contribution is -2.44. The third kappa shape index (κ3) is 7.17. The molecule has 0 radical (unpaired) electrons. The van der Waals surface area contributed by atoms with Gasteiger partial charge in [-0.2, -0.15) is 0 Å². The van der Waals surface area contributed by atoms with Gasteiger partial charge in [-0.25, -0.2) is 0 Å². The van der Waals surface area contributed by atoms with Crippen LogP contribution in [0, 0.1) is 13.8 Å². The maximum Gasteiger partial charge on any atom is 0.276 e. The van der Waals surface area contributed by atoms with Gasteiger partial charge < -0.3 is 14.8 Å². The van der Waals surface area contributed by atoms with E-state index in [1.165, 1.54) is 7.11 Å². The van der Waals surface area contributed by atoms with Crippen LogP contribution < -0.4 is 25.6 Å². The molecule has 0 fully saturated rings. The van der Waals surface area contributed by atoms with Crippen LogP contribution in [0.3, 0.4) is 0 Å². The summed E-state index contributed by atoms with van der Waals surface area (Å²) >= 11 is 0. The molecular weight excluding hydrogens is 374 g/mol. The zero-order valence-electron chi connectivity index (χ0n) is 16.7. The standard InChI is InChI=1S/C21H25N3O5/c1-14-8-9-16(15(2)12-14)22-19(25)10-11-20(26)23-24-21(27)13-29-18-7-5-4-6-17(18)28-3/h4-9,12H,10-11,13H2,1-3H3,(H,22,25)(H,23,26)(H,24,27). The molecule has 2 rings (SSSR count). The summed E-state index contributed by atoms with van der Waals surface area (Å²) in [6.07, 6.45) is -0.0723. The summed E-state index contributed by atoms with van der Waals surface area (Å²) in [5.74, 6) is -0.382. The first kappa shape index (κ1) is 21.7. The van der Waals surface area contributed by atoms with E-state index in [0.29, 0.717) is 17.2 Å². The van der Waals surface area contributed by atoms with Crippen molar-refractivity contribution >= 4 is 23.4 Å². The van der Waals surface area contributed by atoms with Gasteiger partial charge in [0.15, 0.2) is 18.1 Å². The molecule has 0 aliphatic rings. The average Bonchev–Trinajstić information content (AvgIpc) is 2.71. The number of rotatable bonds is 8. The Morgan fingerprint density at radius 3 is 2.21 bits per heavy atom. The molecule has 3 amide bonds. The van der Waals surface area contributed by atoms with Crippen molar-refractivity contribution in [3.05, 3.63) is 53.6 Å². The van der Waals surface area contributed by atoms with Crippen LogP contribution in [0.5, 0.6) is 11.5 Å². The minimum absolute atomic E-state index is 0.00721. The summed E-state index contributed by atoms with van der Waals surface area (Å²) in [5, 5.41) is 2.77. The van der Waals surface area contributed by atoms with Crippen molar-refractivity contribution in [3.63, 3.8) is 0 Å². The number of aryl methyl sites for hydroxylation is 2. The van der Waals surface area contributed by atoms with E-state index in [1.54, 1.807) is 24.3 Å². The van der Waals surface area contributed by atoms with Crippen molar-refractivity contribution in [2.75, 3.05) is 19.0 Å². The van der Waals surface area contributed by atoms with Gasteiger partial charge in [0.2, 0.25) is 11.8 Å². The van der Waals surface area contributed by atoms with Crippen LogP contribution in [0.2, 0.25) is 0 Å². The number of methoxy groups -OCH3 is 1. The van der Waals surface area contributed by atoms with Crippen LogP contribution >= 0.6 is 0 Å². The molecule has 0 atom stereocenters. The van der Waals surface area contributed by atoms with E-state index < -0.39 is 11.8 Å². The van der Waals surface area contributed by atoms with Crippen LogP contribution in [0.4, 0.5) is 5.69 Å². The van der Waals surface area contributed by atoms with Crippen molar-refractivity contribution in [1.82, 2.24) is 10.9 Å². The number of hydrazine groups is 1. The SMILES string of the molecule is COc1ccccc1OCC(=O)NNC(=O)CCC(=O)Nc1ccc(C)cc1C. The van der Waals surface area contributed by atoms with Crippen molar-refractivity contribution in [3.8, 4) is 11.5 Å². The number of nitrogens with one attached hydrogen (secondary N) is 3. The van der Waals surface area contributed by atoms with Gasteiger partial charge in [-0.3, -0.25) is 25.2 Å². The van der Waals surface area contributed by atoms with E-state index in [9.17, 15) is 14.4 Å². The second kappa shape index (κ2) is 10.7. The minimum Gasteiger partial charge on any atom is -0.493 e. The predicted molar refractivity (Wildman–Crippen MR) is 109 cm³/mol. The van der Waals surface area contributed by atoms with E-state index in [-0.39, 0.29) is 25.4 Å². The number of carbonyl (C=O) groups is 3. The second-order valence-electron chi connectivity index (χ2n) is 6.40. The minimum atomic E-state index is -0.538. The first-order chi connectivity index (χ1) is 13.9. The topological polar surface area (TPSA) is 106 Å². The van der Waals surface area contributed by atoms with E-state index in [1.807, 2.05) is 32.0 Å². The molecule has 2 aromatic rings. The number of anilines is 1. The summed E-state index contributed by atoms with van der Waals surface area (Å²) < 4.78 is 10.5. The van der Waals surface area contributed by atoms with Crippen molar-refractivity contribution in [2.24, 2.45) is 0 Å². The first-order valence-corrected chi connectivity index (χ1v) is 9.09. The van der Waals surface area contributed by atoms with E-state index in [2.05, 4.69) is 16.2 Å². The Labute approximate surface area is 169 Å². The number of ether oxygens (including phenoxy) is 2. The molecule has 3 N–H and O–H groups in total. The molecule has 0 bridgehead atoms. The van der Waals surface area contributed by atoms with Crippen LogP contribution in [0.15, 0.2) is 42.5 Å². The summed E-state index contributed by atoms with van der Waals surface area (Å²) in [6, 6.07) is 12.6. The van der Waals surface area contributed by atoms with Crippen molar-refractivity contribution < 1.29 is 23.9 Å². The normalized spacial score (nSPS) is 10.0. The molecule has 0 heterocycles. The Balaban J connectivity index is 1.68. The maximum atomic E-state index is 12.0. The highest BCUT2D eigenvalue weighted by Crippen LogP contribution is 2.25. The van der Waals surface area contributed by atoms with Gasteiger partial charge in [0.25, 0.3) is 5.91 Å². The average molecular weight is 399 g/mol. The number of hydrogen-bond acceptors (Lipinski definition) is 5. The molecule has 154 valence electrons. The molecule has 0 saturated carbocycles. The molecule has 0 unspecified atom stereocenters. The van der Waals surface area contributed by atoms with Gasteiger partial charge >= 0.3 is 0 Å². The third-order valence-corrected chi connectivity index (χ3v) is 4.00. The quantitative estimate of drug-likeness (QED) is 0.591. The molecule has 0 aliphatic carbocycles. The Hall–Kier alpha value is -3.55. The number of hydrogen-bond donors (Lipinski definition) is 3. The number of para-hydroxylation sites is 2. The molecule has 29 heavy (non-hydrogen) atoms. The molecule has 0 saturated heterocycles. The predicted octanol–water partition coefficient (Wildman–Crippen LogP) is 2.26. The number of carbonyl (C=O) groups excluding carboxylic acids is 3. The molecule has 0 aromatic heterocycles. The summed E-state index contributed by atoms with van der Waals surface area (Å²) in [7, 11) is 1.50. The van der Waals surface area contributed by atoms with Gasteiger partial charge in [0.1, 0.15) is 0 Å². The monoisotopic (exact) mass is 399 g/mol. The lowest BCUT2D eigenvalue weighted by Gasteiger charge is -2.11. The highest BCUT2D eigenvalue weighted by Gasteiger charge is 2.11. The lowest BCUT2D eigenvalue weighted by molar-refractivity contribution is -0.130. The van der Waals surface area contributed by atoms with E-state index in [4.69, 9.17) is 9.47 Å². The Morgan fingerprint density at radius 1 is 0.862 bits per heavy atom. The fourth-order valence-corrected chi connectivity index (χ4v) is 2.51. The van der Waals surface area contributed by atoms with Crippen LogP contribution in [0.1, 0.15) is 24.0 Å². The zero-order valence-corrected chi connectivity index (χ0v) is 16.7. The van der Waals surface area contributed by atoms with Crippen molar-refractivity contribution in [1.29, 1.82) is 0 Å².